The Hall–Kier alpha value is -1.61. The van der Waals surface area contributed by atoms with Gasteiger partial charge in [0.2, 0.25) is 5.91 Å². The van der Waals surface area contributed by atoms with E-state index in [9.17, 15) is 22.4 Å². The van der Waals surface area contributed by atoms with E-state index in [0.717, 1.165) is 23.9 Å². The lowest BCUT2D eigenvalue weighted by Gasteiger charge is -2.05. The van der Waals surface area contributed by atoms with Crippen molar-refractivity contribution in [2.45, 2.75) is 11.3 Å². The van der Waals surface area contributed by atoms with E-state index in [1.54, 1.807) is 0 Å². The Labute approximate surface area is 125 Å². The van der Waals surface area contributed by atoms with E-state index in [4.69, 9.17) is 10.8 Å². The van der Waals surface area contributed by atoms with Gasteiger partial charge in [0, 0.05) is 17.1 Å². The molecule has 0 aliphatic carbocycles. The molecular weight excluding hydrogens is 321 g/mol. The highest BCUT2D eigenvalue weighted by atomic mass is 32.2. The molecule has 0 aromatic heterocycles. The summed E-state index contributed by atoms with van der Waals surface area (Å²) in [6.45, 7) is 0. The molecule has 3 N–H and O–H groups in total. The lowest BCUT2D eigenvalue weighted by molar-refractivity contribution is -0.117. The molecule has 116 valence electrons. The molecule has 1 rings (SSSR count). The van der Waals surface area contributed by atoms with Crippen LogP contribution in [-0.4, -0.2) is 42.7 Å². The summed E-state index contributed by atoms with van der Waals surface area (Å²) in [4.78, 5) is 21.8. The number of amides is 1. The van der Waals surface area contributed by atoms with Gasteiger partial charge in [-0.3, -0.25) is 4.79 Å². The van der Waals surface area contributed by atoms with E-state index in [0.29, 0.717) is 4.90 Å². The SMILES string of the molecule is NC(=O)CCS(=O)(=O)CCSc1ccc(F)c(C(=O)O)c1. The number of carboxylic acids is 1. The minimum Gasteiger partial charge on any atom is -0.478 e. The summed E-state index contributed by atoms with van der Waals surface area (Å²) in [5, 5.41) is 8.78. The summed E-state index contributed by atoms with van der Waals surface area (Å²) in [6, 6.07) is 3.55. The maximum atomic E-state index is 13.2. The molecule has 0 heterocycles. The number of thioether (sulfide) groups is 1. The summed E-state index contributed by atoms with van der Waals surface area (Å²) in [7, 11) is -3.39. The molecule has 0 atom stereocenters. The average Bonchev–Trinajstić information content (AvgIpc) is 2.38. The summed E-state index contributed by atoms with van der Waals surface area (Å²) >= 11 is 1.10. The lowest BCUT2D eigenvalue weighted by atomic mass is 10.2. The van der Waals surface area contributed by atoms with Gasteiger partial charge in [0.1, 0.15) is 5.82 Å². The number of hydrogen-bond donors (Lipinski definition) is 2. The van der Waals surface area contributed by atoms with Gasteiger partial charge < -0.3 is 10.8 Å². The van der Waals surface area contributed by atoms with E-state index in [1.165, 1.54) is 6.07 Å². The minimum absolute atomic E-state index is 0.172. The summed E-state index contributed by atoms with van der Waals surface area (Å²) < 4.78 is 36.3. The molecule has 0 bridgehead atoms. The number of nitrogens with two attached hydrogens (primary N) is 1. The number of carbonyl (C=O) groups is 2. The van der Waals surface area contributed by atoms with Crippen molar-refractivity contribution < 1.29 is 27.5 Å². The van der Waals surface area contributed by atoms with Crippen LogP contribution in [0.1, 0.15) is 16.8 Å². The van der Waals surface area contributed by atoms with Gasteiger partial charge in [-0.25, -0.2) is 17.6 Å². The zero-order chi connectivity index (χ0) is 16.0. The van der Waals surface area contributed by atoms with Crippen molar-refractivity contribution in [3.05, 3.63) is 29.6 Å². The number of primary amides is 1. The first-order valence-electron chi connectivity index (χ1n) is 5.85. The van der Waals surface area contributed by atoms with Crippen LogP contribution >= 0.6 is 11.8 Å². The van der Waals surface area contributed by atoms with Crippen molar-refractivity contribution in [1.82, 2.24) is 0 Å². The Balaban J connectivity index is 2.58. The molecule has 0 aliphatic heterocycles. The number of hydrogen-bond acceptors (Lipinski definition) is 5. The standard InChI is InChI=1S/C12H14FNO5S2/c13-10-2-1-8(7-9(10)12(16)17)20-4-6-21(18,19)5-3-11(14)15/h1-2,7H,3-6H2,(H2,14,15)(H,16,17). The molecule has 0 saturated carbocycles. The first kappa shape index (κ1) is 17.4. The van der Waals surface area contributed by atoms with Gasteiger partial charge in [-0.2, -0.15) is 0 Å². The number of benzene rings is 1. The molecule has 6 nitrogen and oxygen atoms in total. The van der Waals surface area contributed by atoms with Crippen molar-refractivity contribution in [2.75, 3.05) is 17.3 Å². The monoisotopic (exact) mass is 335 g/mol. The molecule has 0 spiro atoms. The van der Waals surface area contributed by atoms with Crippen molar-refractivity contribution in [1.29, 1.82) is 0 Å². The molecule has 0 fully saturated rings. The third-order valence-corrected chi connectivity index (χ3v) is 5.40. The van der Waals surface area contributed by atoms with Crippen LogP contribution in [0.5, 0.6) is 0 Å². The lowest BCUT2D eigenvalue weighted by Crippen LogP contribution is -2.19. The Bertz CT molecular complexity index is 645. The number of sulfone groups is 1. The Morgan fingerprint density at radius 1 is 1.29 bits per heavy atom. The van der Waals surface area contributed by atoms with Crippen LogP contribution in [0.3, 0.4) is 0 Å². The van der Waals surface area contributed by atoms with Gasteiger partial charge in [0.25, 0.3) is 0 Å². The molecular formula is C12H14FNO5S2. The number of carboxylic acid groups (broad SMARTS) is 1. The van der Waals surface area contributed by atoms with Crippen LogP contribution in [0.2, 0.25) is 0 Å². The quantitative estimate of drug-likeness (QED) is 0.682. The Kier molecular flexibility index (Phi) is 6.16. The minimum atomic E-state index is -3.39. The fourth-order valence-corrected chi connectivity index (χ4v) is 4.07. The van der Waals surface area contributed by atoms with Crippen LogP contribution in [0.4, 0.5) is 4.39 Å². The maximum Gasteiger partial charge on any atom is 0.338 e. The van der Waals surface area contributed by atoms with E-state index in [1.807, 2.05) is 0 Å². The fraction of sp³-hybridized carbons (Fsp3) is 0.333. The van der Waals surface area contributed by atoms with Crippen LogP contribution < -0.4 is 5.73 Å². The smallest absolute Gasteiger partial charge is 0.338 e. The Morgan fingerprint density at radius 2 is 1.95 bits per heavy atom. The van der Waals surface area contributed by atoms with E-state index < -0.39 is 33.1 Å². The van der Waals surface area contributed by atoms with Crippen LogP contribution in [0.15, 0.2) is 23.1 Å². The zero-order valence-corrected chi connectivity index (χ0v) is 12.5. The van der Waals surface area contributed by atoms with Crippen molar-refractivity contribution in [3.63, 3.8) is 0 Å². The van der Waals surface area contributed by atoms with Gasteiger partial charge >= 0.3 is 5.97 Å². The van der Waals surface area contributed by atoms with E-state index >= 15 is 0 Å². The van der Waals surface area contributed by atoms with Crippen LogP contribution in [0.25, 0.3) is 0 Å². The first-order valence-corrected chi connectivity index (χ1v) is 8.66. The molecule has 1 aromatic carbocycles. The molecule has 1 aromatic rings. The van der Waals surface area contributed by atoms with Gasteiger partial charge in [0.05, 0.1) is 17.1 Å². The third-order valence-electron chi connectivity index (χ3n) is 2.49. The number of carbonyl (C=O) groups excluding carboxylic acids is 1. The van der Waals surface area contributed by atoms with Gasteiger partial charge in [-0.05, 0) is 18.2 Å². The largest absolute Gasteiger partial charge is 0.478 e. The van der Waals surface area contributed by atoms with Gasteiger partial charge in [-0.1, -0.05) is 0 Å². The van der Waals surface area contributed by atoms with Crippen molar-refractivity contribution >= 4 is 33.5 Å². The highest BCUT2D eigenvalue weighted by molar-refractivity contribution is 8.00. The topological polar surface area (TPSA) is 115 Å². The highest BCUT2D eigenvalue weighted by Crippen LogP contribution is 2.21. The molecule has 21 heavy (non-hydrogen) atoms. The molecule has 9 heteroatoms. The molecule has 0 unspecified atom stereocenters. The van der Waals surface area contributed by atoms with Gasteiger partial charge in [0.15, 0.2) is 9.84 Å². The predicted molar refractivity (Wildman–Crippen MR) is 76.5 cm³/mol. The van der Waals surface area contributed by atoms with Crippen LogP contribution in [0, 0.1) is 5.82 Å². The second-order valence-corrected chi connectivity index (χ2v) is 7.64. The van der Waals surface area contributed by atoms with E-state index in [-0.39, 0.29) is 23.7 Å². The molecule has 0 radical (unpaired) electrons. The van der Waals surface area contributed by atoms with E-state index in [2.05, 4.69) is 0 Å². The molecule has 0 saturated heterocycles. The fourth-order valence-electron chi connectivity index (χ4n) is 1.40. The summed E-state index contributed by atoms with van der Waals surface area (Å²) in [5.74, 6) is -3.23. The van der Waals surface area contributed by atoms with Crippen LogP contribution in [-0.2, 0) is 14.6 Å². The first-order chi connectivity index (χ1) is 9.71. The molecule has 1 amide bonds. The Morgan fingerprint density at radius 3 is 2.52 bits per heavy atom. The third kappa shape index (κ3) is 6.13. The van der Waals surface area contributed by atoms with Crippen molar-refractivity contribution in [2.24, 2.45) is 5.73 Å². The van der Waals surface area contributed by atoms with Crippen molar-refractivity contribution in [3.8, 4) is 0 Å². The number of aromatic carboxylic acids is 1. The molecule has 0 aliphatic rings. The number of halogens is 1. The average molecular weight is 335 g/mol. The normalized spacial score (nSPS) is 11.3. The number of rotatable bonds is 8. The second-order valence-electron chi connectivity index (χ2n) is 4.16. The second kappa shape index (κ2) is 7.41. The van der Waals surface area contributed by atoms with Gasteiger partial charge in [-0.15, -0.1) is 11.8 Å². The summed E-state index contributed by atoms with van der Waals surface area (Å²) in [5.41, 5.74) is 4.42. The maximum absolute atomic E-state index is 13.2. The summed E-state index contributed by atoms with van der Waals surface area (Å²) in [6.07, 6.45) is -0.229. The predicted octanol–water partition coefficient (Wildman–Crippen LogP) is 0.906. The zero-order valence-electron chi connectivity index (χ0n) is 10.9. The highest BCUT2D eigenvalue weighted by Gasteiger charge is 2.14.